The first-order valence-electron chi connectivity index (χ1n) is 13.9. The number of nitrogens with zero attached hydrogens (tertiary/aromatic N) is 3. The van der Waals surface area contributed by atoms with Crippen LogP contribution in [-0.2, 0) is 19.6 Å². The Balaban J connectivity index is 1.44. The molecule has 0 aliphatic heterocycles. The third kappa shape index (κ3) is 5.51. The summed E-state index contributed by atoms with van der Waals surface area (Å²) in [4.78, 5) is 7.61. The second-order valence-corrected chi connectivity index (χ2v) is 11.2. The normalized spacial score (nSPS) is 14.2. The van der Waals surface area contributed by atoms with Gasteiger partial charge in [0.05, 0.1) is 24.2 Å². The number of hydrogen-bond acceptors (Lipinski definition) is 3. The van der Waals surface area contributed by atoms with Gasteiger partial charge in [-0.3, -0.25) is 4.90 Å². The van der Waals surface area contributed by atoms with Crippen molar-refractivity contribution in [2.75, 3.05) is 6.61 Å². The largest absolute Gasteiger partial charge is 0.494 e. The Hall–Kier alpha value is -3.05. The predicted molar refractivity (Wildman–Crippen MR) is 162 cm³/mol. The average molecular weight is 559 g/mol. The highest BCUT2D eigenvalue weighted by Crippen LogP contribution is 2.36. The third-order valence-electron chi connectivity index (χ3n) is 7.81. The van der Waals surface area contributed by atoms with Gasteiger partial charge in [-0.25, -0.2) is 4.98 Å². The van der Waals surface area contributed by atoms with Crippen LogP contribution in [0.2, 0.25) is 10.0 Å². The Morgan fingerprint density at radius 3 is 2.51 bits per heavy atom. The van der Waals surface area contributed by atoms with Gasteiger partial charge in [-0.05, 0) is 66.4 Å². The minimum atomic E-state index is 0.491. The molecule has 6 heteroatoms. The molecule has 4 nitrogen and oxygen atoms in total. The lowest BCUT2D eigenvalue weighted by atomic mass is 10.0. The quantitative estimate of drug-likeness (QED) is 0.181. The van der Waals surface area contributed by atoms with Gasteiger partial charge in [0.15, 0.2) is 0 Å². The molecule has 1 fully saturated rings. The first kappa shape index (κ1) is 26.2. The first-order valence-corrected chi connectivity index (χ1v) is 14.6. The molecule has 0 unspecified atom stereocenters. The van der Waals surface area contributed by atoms with Crippen LogP contribution < -0.4 is 4.74 Å². The van der Waals surface area contributed by atoms with E-state index in [1.165, 1.54) is 47.5 Å². The molecule has 200 valence electrons. The van der Waals surface area contributed by atoms with E-state index in [9.17, 15) is 0 Å². The monoisotopic (exact) mass is 557 g/mol. The van der Waals surface area contributed by atoms with Gasteiger partial charge in [0, 0.05) is 34.7 Å². The van der Waals surface area contributed by atoms with Crippen LogP contribution in [0.25, 0.3) is 21.8 Å². The molecule has 5 aromatic rings. The predicted octanol–water partition coefficient (Wildman–Crippen LogP) is 9.21. The molecule has 0 N–H and O–H groups in total. The smallest absolute Gasteiger partial charge is 0.124 e. The summed E-state index contributed by atoms with van der Waals surface area (Å²) < 4.78 is 8.65. The van der Waals surface area contributed by atoms with Crippen molar-refractivity contribution >= 4 is 45.0 Å². The van der Waals surface area contributed by atoms with E-state index in [1.54, 1.807) is 0 Å². The number of halogens is 2. The summed E-state index contributed by atoms with van der Waals surface area (Å²) in [6, 6.07) is 27.6. The van der Waals surface area contributed by atoms with Crippen molar-refractivity contribution in [1.82, 2.24) is 14.5 Å². The van der Waals surface area contributed by atoms with Crippen LogP contribution in [0.15, 0.2) is 78.9 Å². The molecule has 0 radical (unpaired) electrons. The molecular formula is C33H33Cl2N3O. The topological polar surface area (TPSA) is 30.3 Å². The van der Waals surface area contributed by atoms with E-state index in [0.717, 1.165) is 22.7 Å². The molecule has 0 bridgehead atoms. The molecular weight excluding hydrogens is 525 g/mol. The minimum absolute atomic E-state index is 0.491. The maximum Gasteiger partial charge on any atom is 0.124 e. The van der Waals surface area contributed by atoms with Crippen LogP contribution in [0.1, 0.15) is 55.6 Å². The Bertz CT molecular complexity index is 1610. The maximum atomic E-state index is 6.70. The van der Waals surface area contributed by atoms with Gasteiger partial charge >= 0.3 is 0 Å². The molecule has 0 spiro atoms. The standard InChI is InChI=1S/C33H33Cl2N3O/c1-2-39-32-18-16-23-9-3-6-12-27(23)28(32)21-37(20-24-15-17-25(34)19-29(24)35)22-33-36-30-13-7-8-14-31(30)38(33)26-10-4-5-11-26/h3,6-9,12-19,26H,2,4-5,10-11,20-22H2,1H3. The molecule has 0 saturated heterocycles. The molecule has 1 aromatic heterocycles. The van der Waals surface area contributed by atoms with E-state index in [0.29, 0.717) is 42.3 Å². The molecule has 4 aromatic carbocycles. The molecule has 6 rings (SSSR count). The van der Waals surface area contributed by atoms with Crippen LogP contribution in [0.4, 0.5) is 0 Å². The fourth-order valence-electron chi connectivity index (χ4n) is 6.03. The summed E-state index contributed by atoms with van der Waals surface area (Å²) in [5.74, 6) is 2.03. The third-order valence-corrected chi connectivity index (χ3v) is 8.40. The summed E-state index contributed by atoms with van der Waals surface area (Å²) in [5.41, 5.74) is 4.51. The van der Waals surface area contributed by atoms with Crippen molar-refractivity contribution in [3.05, 3.63) is 106 Å². The van der Waals surface area contributed by atoms with Crippen LogP contribution in [-0.4, -0.2) is 21.1 Å². The van der Waals surface area contributed by atoms with Gasteiger partial charge in [0.1, 0.15) is 11.6 Å². The second-order valence-electron chi connectivity index (χ2n) is 10.4. The number of aromatic nitrogens is 2. The fraction of sp³-hybridized carbons (Fsp3) is 0.303. The highest BCUT2D eigenvalue weighted by atomic mass is 35.5. The van der Waals surface area contributed by atoms with Crippen LogP contribution in [0.5, 0.6) is 5.75 Å². The zero-order chi connectivity index (χ0) is 26.8. The number of rotatable bonds is 9. The summed E-state index contributed by atoms with van der Waals surface area (Å²) in [6.45, 7) is 4.71. The van der Waals surface area contributed by atoms with Crippen molar-refractivity contribution < 1.29 is 4.74 Å². The van der Waals surface area contributed by atoms with E-state index in [4.69, 9.17) is 32.9 Å². The molecule has 1 saturated carbocycles. The van der Waals surface area contributed by atoms with Crippen LogP contribution in [0.3, 0.4) is 0 Å². The van der Waals surface area contributed by atoms with E-state index in [-0.39, 0.29) is 0 Å². The molecule has 1 heterocycles. The zero-order valence-electron chi connectivity index (χ0n) is 22.2. The van der Waals surface area contributed by atoms with E-state index >= 15 is 0 Å². The Kier molecular flexibility index (Phi) is 7.78. The number of fused-ring (bicyclic) bond motifs is 2. The van der Waals surface area contributed by atoms with Gasteiger partial charge in [-0.1, -0.05) is 84.6 Å². The fourth-order valence-corrected chi connectivity index (χ4v) is 6.50. The highest BCUT2D eigenvalue weighted by Gasteiger charge is 2.25. The first-order chi connectivity index (χ1) is 19.1. The van der Waals surface area contributed by atoms with Crippen molar-refractivity contribution in [3.8, 4) is 5.75 Å². The van der Waals surface area contributed by atoms with Gasteiger partial charge in [-0.2, -0.15) is 0 Å². The van der Waals surface area contributed by atoms with E-state index in [2.05, 4.69) is 70.1 Å². The minimum Gasteiger partial charge on any atom is -0.494 e. The number of benzene rings is 4. The van der Waals surface area contributed by atoms with E-state index < -0.39 is 0 Å². The highest BCUT2D eigenvalue weighted by molar-refractivity contribution is 6.35. The lowest BCUT2D eigenvalue weighted by Crippen LogP contribution is -2.26. The Morgan fingerprint density at radius 2 is 1.69 bits per heavy atom. The van der Waals surface area contributed by atoms with E-state index in [1.807, 2.05) is 25.1 Å². The Labute approximate surface area is 240 Å². The summed E-state index contributed by atoms with van der Waals surface area (Å²) >= 11 is 12.9. The average Bonchev–Trinajstić information content (AvgIpc) is 3.59. The van der Waals surface area contributed by atoms with Crippen molar-refractivity contribution in [2.24, 2.45) is 0 Å². The number of hydrogen-bond donors (Lipinski definition) is 0. The number of para-hydroxylation sites is 2. The summed E-state index contributed by atoms with van der Waals surface area (Å²) in [7, 11) is 0. The van der Waals surface area contributed by atoms with Crippen molar-refractivity contribution in [3.63, 3.8) is 0 Å². The summed E-state index contributed by atoms with van der Waals surface area (Å²) in [5, 5.41) is 3.74. The maximum absolute atomic E-state index is 6.70. The lowest BCUT2D eigenvalue weighted by Gasteiger charge is -2.26. The van der Waals surface area contributed by atoms with Gasteiger partial charge < -0.3 is 9.30 Å². The van der Waals surface area contributed by atoms with Gasteiger partial charge in [0.25, 0.3) is 0 Å². The number of ether oxygens (including phenoxy) is 1. The van der Waals surface area contributed by atoms with Crippen LogP contribution in [0, 0.1) is 0 Å². The summed E-state index contributed by atoms with van der Waals surface area (Å²) in [6.07, 6.45) is 4.95. The molecule has 1 aliphatic rings. The molecule has 1 aliphatic carbocycles. The van der Waals surface area contributed by atoms with Gasteiger partial charge in [-0.15, -0.1) is 0 Å². The Morgan fingerprint density at radius 1 is 0.897 bits per heavy atom. The molecule has 0 amide bonds. The SMILES string of the molecule is CCOc1ccc2ccccc2c1CN(Cc1ccc(Cl)cc1Cl)Cc1nc2ccccc2n1C1CCCC1. The van der Waals surface area contributed by atoms with Gasteiger partial charge in [0.2, 0.25) is 0 Å². The number of imidazole rings is 1. The van der Waals surface area contributed by atoms with Crippen LogP contribution >= 0.6 is 23.2 Å². The van der Waals surface area contributed by atoms with Crippen molar-refractivity contribution in [1.29, 1.82) is 0 Å². The zero-order valence-corrected chi connectivity index (χ0v) is 23.8. The van der Waals surface area contributed by atoms with Crippen molar-refractivity contribution in [2.45, 2.75) is 58.3 Å². The second kappa shape index (κ2) is 11.6. The molecule has 0 atom stereocenters. The lowest BCUT2D eigenvalue weighted by molar-refractivity contribution is 0.231. The molecule has 39 heavy (non-hydrogen) atoms.